The van der Waals surface area contributed by atoms with Crippen LogP contribution in [-0.2, 0) is 0 Å². The van der Waals surface area contributed by atoms with Crippen molar-refractivity contribution in [3.05, 3.63) is 58.9 Å². The third-order valence-corrected chi connectivity index (χ3v) is 2.61. The van der Waals surface area contributed by atoms with Crippen LogP contribution in [0.4, 0.5) is 10.1 Å². The van der Waals surface area contributed by atoms with Gasteiger partial charge in [-0.2, -0.15) is 0 Å². The van der Waals surface area contributed by atoms with Gasteiger partial charge in [0, 0.05) is 11.3 Å². The molecule has 2 aromatic carbocycles. The topological polar surface area (TPSA) is 49.3 Å². The van der Waals surface area contributed by atoms with E-state index in [0.717, 1.165) is 6.07 Å². The van der Waals surface area contributed by atoms with Gasteiger partial charge in [0.15, 0.2) is 0 Å². The molecule has 0 spiro atoms. The van der Waals surface area contributed by atoms with E-state index in [-0.39, 0.29) is 10.8 Å². The molecule has 18 heavy (non-hydrogen) atoms. The Morgan fingerprint density at radius 3 is 2.44 bits per heavy atom. The van der Waals surface area contributed by atoms with Crippen LogP contribution in [0.15, 0.2) is 42.5 Å². The Morgan fingerprint density at radius 1 is 1.17 bits per heavy atom. The molecule has 0 fully saturated rings. The number of hydrogen-bond donors (Lipinski definition) is 2. The van der Waals surface area contributed by atoms with Gasteiger partial charge >= 0.3 is 0 Å². The van der Waals surface area contributed by atoms with Crippen LogP contribution in [0.5, 0.6) is 5.75 Å². The van der Waals surface area contributed by atoms with Gasteiger partial charge in [-0.05, 0) is 42.5 Å². The average molecular weight is 266 g/mol. The molecule has 2 N–H and O–H groups in total. The van der Waals surface area contributed by atoms with E-state index in [1.165, 1.54) is 36.4 Å². The summed E-state index contributed by atoms with van der Waals surface area (Å²) < 4.78 is 13.2. The molecule has 0 bridgehead atoms. The van der Waals surface area contributed by atoms with Crippen LogP contribution in [0.2, 0.25) is 5.02 Å². The highest BCUT2D eigenvalue weighted by atomic mass is 35.5. The maximum atomic E-state index is 13.2. The summed E-state index contributed by atoms with van der Waals surface area (Å²) in [7, 11) is 0. The first-order valence-corrected chi connectivity index (χ1v) is 5.49. The SMILES string of the molecule is O=C(Nc1ccc(Cl)c(F)c1)c1ccc(O)cc1. The van der Waals surface area contributed by atoms with Gasteiger partial charge in [-0.3, -0.25) is 4.79 Å². The summed E-state index contributed by atoms with van der Waals surface area (Å²) >= 11 is 5.54. The number of phenolic OH excluding ortho intramolecular Hbond substituents is 1. The van der Waals surface area contributed by atoms with E-state index in [9.17, 15) is 9.18 Å². The van der Waals surface area contributed by atoms with Gasteiger partial charge in [0.1, 0.15) is 11.6 Å². The van der Waals surface area contributed by atoms with Crippen LogP contribution in [0, 0.1) is 5.82 Å². The Labute approximate surface area is 108 Å². The van der Waals surface area contributed by atoms with Gasteiger partial charge in [-0.1, -0.05) is 11.6 Å². The number of carbonyl (C=O) groups excluding carboxylic acids is 1. The van der Waals surface area contributed by atoms with Crippen molar-refractivity contribution in [2.45, 2.75) is 0 Å². The molecule has 0 aliphatic carbocycles. The van der Waals surface area contributed by atoms with E-state index in [1.807, 2.05) is 0 Å². The van der Waals surface area contributed by atoms with Gasteiger partial charge < -0.3 is 10.4 Å². The molecule has 1 amide bonds. The van der Waals surface area contributed by atoms with Crippen molar-refractivity contribution >= 4 is 23.2 Å². The minimum absolute atomic E-state index is 0.00219. The van der Waals surface area contributed by atoms with Gasteiger partial charge in [0.25, 0.3) is 5.91 Å². The summed E-state index contributed by atoms with van der Waals surface area (Å²) in [6.45, 7) is 0. The van der Waals surface area contributed by atoms with E-state index in [4.69, 9.17) is 16.7 Å². The molecule has 5 heteroatoms. The Kier molecular flexibility index (Phi) is 3.48. The van der Waals surface area contributed by atoms with E-state index in [0.29, 0.717) is 11.3 Å². The summed E-state index contributed by atoms with van der Waals surface area (Å²) in [5.41, 5.74) is 0.679. The lowest BCUT2D eigenvalue weighted by molar-refractivity contribution is 0.102. The molecule has 0 aliphatic rings. The molecular weight excluding hydrogens is 257 g/mol. The fraction of sp³-hybridized carbons (Fsp3) is 0. The molecule has 0 aliphatic heterocycles. The predicted octanol–water partition coefficient (Wildman–Crippen LogP) is 3.44. The third-order valence-electron chi connectivity index (χ3n) is 2.31. The molecule has 0 radical (unpaired) electrons. The maximum Gasteiger partial charge on any atom is 0.255 e. The normalized spacial score (nSPS) is 10.1. The zero-order valence-corrected chi connectivity index (χ0v) is 9.91. The number of hydrogen-bond acceptors (Lipinski definition) is 2. The van der Waals surface area contributed by atoms with Crippen molar-refractivity contribution in [2.24, 2.45) is 0 Å². The van der Waals surface area contributed by atoms with Crippen LogP contribution in [0.3, 0.4) is 0 Å². The van der Waals surface area contributed by atoms with Crippen molar-refractivity contribution in [3.63, 3.8) is 0 Å². The van der Waals surface area contributed by atoms with Crippen molar-refractivity contribution in [1.82, 2.24) is 0 Å². The number of halogens is 2. The summed E-state index contributed by atoms with van der Waals surface area (Å²) in [6.07, 6.45) is 0. The van der Waals surface area contributed by atoms with Gasteiger partial charge in [0.2, 0.25) is 0 Å². The number of aromatic hydroxyl groups is 1. The number of anilines is 1. The molecule has 3 nitrogen and oxygen atoms in total. The van der Waals surface area contributed by atoms with Crippen LogP contribution < -0.4 is 5.32 Å². The summed E-state index contributed by atoms with van der Waals surface area (Å²) in [5.74, 6) is -0.916. The number of nitrogens with one attached hydrogen (secondary N) is 1. The third kappa shape index (κ3) is 2.78. The molecular formula is C13H9ClFNO2. The smallest absolute Gasteiger partial charge is 0.255 e. The van der Waals surface area contributed by atoms with Crippen molar-refractivity contribution < 1.29 is 14.3 Å². The van der Waals surface area contributed by atoms with Gasteiger partial charge in [-0.15, -0.1) is 0 Å². The van der Waals surface area contributed by atoms with Crippen LogP contribution in [-0.4, -0.2) is 11.0 Å². The Balaban J connectivity index is 2.16. The average Bonchev–Trinajstić information content (AvgIpc) is 2.34. The minimum atomic E-state index is -0.597. The monoisotopic (exact) mass is 265 g/mol. The molecule has 0 heterocycles. The number of benzene rings is 2. The quantitative estimate of drug-likeness (QED) is 0.874. The second kappa shape index (κ2) is 5.06. The van der Waals surface area contributed by atoms with Crippen LogP contribution in [0.25, 0.3) is 0 Å². The first kappa shape index (κ1) is 12.4. The van der Waals surface area contributed by atoms with Crippen LogP contribution >= 0.6 is 11.6 Å². The fourth-order valence-electron chi connectivity index (χ4n) is 1.39. The Morgan fingerprint density at radius 2 is 1.83 bits per heavy atom. The summed E-state index contributed by atoms with van der Waals surface area (Å²) in [6, 6.07) is 9.75. The fourth-order valence-corrected chi connectivity index (χ4v) is 1.51. The first-order chi connectivity index (χ1) is 8.56. The lowest BCUT2D eigenvalue weighted by atomic mass is 10.2. The van der Waals surface area contributed by atoms with E-state index in [1.54, 1.807) is 0 Å². The summed E-state index contributed by atoms with van der Waals surface area (Å²) in [4.78, 5) is 11.8. The van der Waals surface area contributed by atoms with Crippen molar-refractivity contribution in [2.75, 3.05) is 5.32 Å². The highest BCUT2D eigenvalue weighted by molar-refractivity contribution is 6.30. The minimum Gasteiger partial charge on any atom is -0.508 e. The molecule has 2 rings (SSSR count). The van der Waals surface area contributed by atoms with E-state index >= 15 is 0 Å². The highest BCUT2D eigenvalue weighted by Crippen LogP contribution is 2.19. The summed E-state index contributed by atoms with van der Waals surface area (Å²) in [5, 5.41) is 11.6. The largest absolute Gasteiger partial charge is 0.508 e. The number of phenols is 1. The van der Waals surface area contributed by atoms with Crippen LogP contribution in [0.1, 0.15) is 10.4 Å². The molecule has 0 unspecified atom stereocenters. The maximum absolute atomic E-state index is 13.2. The number of rotatable bonds is 2. The molecule has 2 aromatic rings. The predicted molar refractivity (Wildman–Crippen MR) is 67.5 cm³/mol. The standard InChI is InChI=1S/C13H9ClFNO2/c14-11-6-3-9(7-12(11)15)16-13(18)8-1-4-10(17)5-2-8/h1-7,17H,(H,16,18). The molecule has 0 atom stereocenters. The Bertz CT molecular complexity index is 584. The van der Waals surface area contributed by atoms with Crippen molar-refractivity contribution in [3.8, 4) is 5.75 Å². The second-order valence-corrected chi connectivity index (χ2v) is 4.04. The van der Waals surface area contributed by atoms with E-state index < -0.39 is 11.7 Å². The molecule has 0 saturated carbocycles. The van der Waals surface area contributed by atoms with Crippen molar-refractivity contribution in [1.29, 1.82) is 0 Å². The van der Waals surface area contributed by atoms with Gasteiger partial charge in [0.05, 0.1) is 5.02 Å². The zero-order valence-electron chi connectivity index (χ0n) is 9.15. The van der Waals surface area contributed by atoms with Gasteiger partial charge in [-0.25, -0.2) is 4.39 Å². The lowest BCUT2D eigenvalue weighted by Gasteiger charge is -2.06. The molecule has 0 saturated heterocycles. The highest BCUT2D eigenvalue weighted by Gasteiger charge is 2.07. The Hall–Kier alpha value is -2.07. The zero-order chi connectivity index (χ0) is 13.1. The second-order valence-electron chi connectivity index (χ2n) is 3.63. The molecule has 92 valence electrons. The first-order valence-electron chi connectivity index (χ1n) is 5.12. The number of carbonyl (C=O) groups is 1. The van der Waals surface area contributed by atoms with E-state index in [2.05, 4.69) is 5.32 Å². The molecule has 0 aromatic heterocycles. The number of amides is 1. The lowest BCUT2D eigenvalue weighted by Crippen LogP contribution is -2.11.